The smallest absolute Gasteiger partial charge is 0.227 e. The predicted octanol–water partition coefficient (Wildman–Crippen LogP) is 4.09. The molecule has 0 spiro atoms. The quantitative estimate of drug-likeness (QED) is 0.559. The van der Waals surface area contributed by atoms with Crippen molar-refractivity contribution in [3.8, 4) is 5.75 Å². The van der Waals surface area contributed by atoms with E-state index in [0.29, 0.717) is 12.0 Å². The van der Waals surface area contributed by atoms with Crippen molar-refractivity contribution in [2.24, 2.45) is 0 Å². The van der Waals surface area contributed by atoms with Gasteiger partial charge in [-0.05, 0) is 80.6 Å². The van der Waals surface area contributed by atoms with Crippen molar-refractivity contribution in [1.29, 1.82) is 0 Å². The van der Waals surface area contributed by atoms with Gasteiger partial charge in [-0.25, -0.2) is 9.97 Å². The number of benzene rings is 2. The highest BCUT2D eigenvalue weighted by Gasteiger charge is 2.20. The number of fused-ring (bicyclic) bond motifs is 2. The minimum atomic E-state index is -0.203. The summed E-state index contributed by atoms with van der Waals surface area (Å²) in [5, 5.41) is 17.9. The Morgan fingerprint density at radius 2 is 2.06 bits per heavy atom. The highest BCUT2D eigenvalue weighted by atomic mass is 16.5. The lowest BCUT2D eigenvalue weighted by molar-refractivity contribution is 0.124. The van der Waals surface area contributed by atoms with E-state index in [0.717, 1.165) is 73.2 Å². The fraction of sp³-hybridized carbons (Fsp3) is 0.440. The van der Waals surface area contributed by atoms with Gasteiger partial charge in [0.25, 0.3) is 0 Å². The number of likely N-dealkylation sites (N-methyl/N-ethyl adjacent to an activating group) is 1. The first-order valence-electron chi connectivity index (χ1n) is 11.4. The topological polar surface area (TPSA) is 82.5 Å². The lowest BCUT2D eigenvalue weighted by atomic mass is 9.93. The number of methoxy groups -OCH3 is 1. The van der Waals surface area contributed by atoms with E-state index >= 15 is 0 Å². The van der Waals surface area contributed by atoms with Crippen LogP contribution in [0.25, 0.3) is 10.9 Å². The first-order valence-corrected chi connectivity index (χ1v) is 11.4. The Kier molecular flexibility index (Phi) is 5.85. The summed E-state index contributed by atoms with van der Waals surface area (Å²) in [5.74, 6) is 1.36. The zero-order chi connectivity index (χ0) is 22.1. The molecule has 1 saturated carbocycles. The summed E-state index contributed by atoms with van der Waals surface area (Å²) in [4.78, 5) is 11.6. The molecular formula is C25H31N5O2. The molecule has 3 N–H and O–H groups in total. The van der Waals surface area contributed by atoms with Gasteiger partial charge >= 0.3 is 0 Å². The van der Waals surface area contributed by atoms with Crippen molar-refractivity contribution >= 4 is 28.2 Å². The number of ether oxygens (including phenoxy) is 1. The molecule has 0 radical (unpaired) electrons. The van der Waals surface area contributed by atoms with E-state index in [1.165, 1.54) is 11.1 Å². The first-order chi connectivity index (χ1) is 15.6. The molecule has 1 aliphatic heterocycles. The molecule has 7 nitrogen and oxygen atoms in total. The Morgan fingerprint density at radius 3 is 2.91 bits per heavy atom. The SMILES string of the molecule is COc1cc2c(cc1Nc1ncc3ccc(NC4CCCC(O)C4)cc3n1)CN(C)CC2. The second-order valence-corrected chi connectivity index (χ2v) is 9.06. The minimum Gasteiger partial charge on any atom is -0.495 e. The minimum absolute atomic E-state index is 0.203. The van der Waals surface area contributed by atoms with Gasteiger partial charge in [-0.1, -0.05) is 0 Å². The fourth-order valence-electron chi connectivity index (χ4n) is 4.82. The lowest BCUT2D eigenvalue weighted by Gasteiger charge is -2.27. The normalized spacial score (nSPS) is 21.2. The van der Waals surface area contributed by atoms with Gasteiger partial charge in [0.05, 0.1) is 24.4 Å². The zero-order valence-electron chi connectivity index (χ0n) is 18.8. The predicted molar refractivity (Wildman–Crippen MR) is 128 cm³/mol. The summed E-state index contributed by atoms with van der Waals surface area (Å²) in [7, 11) is 3.84. The zero-order valence-corrected chi connectivity index (χ0v) is 18.8. The summed E-state index contributed by atoms with van der Waals surface area (Å²) in [6.07, 6.45) is 6.51. The third kappa shape index (κ3) is 4.49. The van der Waals surface area contributed by atoms with Crippen LogP contribution in [-0.2, 0) is 13.0 Å². The monoisotopic (exact) mass is 433 g/mol. The molecule has 1 aliphatic carbocycles. The van der Waals surface area contributed by atoms with Gasteiger partial charge in [0.2, 0.25) is 5.95 Å². The van der Waals surface area contributed by atoms with Gasteiger partial charge in [-0.15, -0.1) is 0 Å². The van der Waals surface area contributed by atoms with E-state index < -0.39 is 0 Å². The highest BCUT2D eigenvalue weighted by molar-refractivity contribution is 5.83. The summed E-state index contributed by atoms with van der Waals surface area (Å²) >= 11 is 0. The van der Waals surface area contributed by atoms with Crippen molar-refractivity contribution < 1.29 is 9.84 Å². The number of aromatic nitrogens is 2. The molecule has 1 aromatic heterocycles. The van der Waals surface area contributed by atoms with Crippen LogP contribution in [0.5, 0.6) is 5.75 Å². The third-order valence-corrected chi connectivity index (χ3v) is 6.57. The van der Waals surface area contributed by atoms with E-state index in [2.05, 4.69) is 51.8 Å². The molecule has 3 aromatic rings. The number of nitrogens with zero attached hydrogens (tertiary/aromatic N) is 3. The van der Waals surface area contributed by atoms with Crippen molar-refractivity contribution in [3.63, 3.8) is 0 Å². The van der Waals surface area contributed by atoms with Gasteiger partial charge < -0.3 is 25.4 Å². The van der Waals surface area contributed by atoms with Gasteiger partial charge in [0.15, 0.2) is 0 Å². The maximum Gasteiger partial charge on any atom is 0.227 e. The van der Waals surface area contributed by atoms with E-state index in [1.807, 2.05) is 12.3 Å². The average Bonchev–Trinajstić information content (AvgIpc) is 2.78. The number of aliphatic hydroxyl groups excluding tert-OH is 1. The molecule has 2 atom stereocenters. The number of rotatable bonds is 5. The Bertz CT molecular complexity index is 1120. The van der Waals surface area contributed by atoms with Crippen LogP contribution < -0.4 is 15.4 Å². The van der Waals surface area contributed by atoms with Crippen LogP contribution in [0.4, 0.5) is 17.3 Å². The maximum absolute atomic E-state index is 9.96. The number of nitrogens with one attached hydrogen (secondary N) is 2. The van der Waals surface area contributed by atoms with E-state index in [9.17, 15) is 5.11 Å². The molecule has 2 unspecified atom stereocenters. The van der Waals surface area contributed by atoms with Crippen molar-refractivity contribution in [2.45, 2.75) is 50.8 Å². The molecule has 2 aliphatic rings. The molecule has 32 heavy (non-hydrogen) atoms. The fourth-order valence-corrected chi connectivity index (χ4v) is 4.82. The Labute approximate surface area is 188 Å². The van der Waals surface area contributed by atoms with E-state index in [1.54, 1.807) is 7.11 Å². The van der Waals surface area contributed by atoms with Crippen LogP contribution in [-0.4, -0.2) is 52.8 Å². The number of hydrogen-bond donors (Lipinski definition) is 3. The molecule has 2 aromatic carbocycles. The molecule has 2 heterocycles. The van der Waals surface area contributed by atoms with Gasteiger partial charge in [0.1, 0.15) is 5.75 Å². The molecule has 5 rings (SSSR count). The van der Waals surface area contributed by atoms with Crippen LogP contribution in [0.2, 0.25) is 0 Å². The van der Waals surface area contributed by atoms with Crippen molar-refractivity contribution in [1.82, 2.24) is 14.9 Å². The van der Waals surface area contributed by atoms with Crippen LogP contribution >= 0.6 is 0 Å². The largest absolute Gasteiger partial charge is 0.495 e. The molecule has 1 fully saturated rings. The van der Waals surface area contributed by atoms with Crippen molar-refractivity contribution in [3.05, 3.63) is 47.7 Å². The summed E-state index contributed by atoms with van der Waals surface area (Å²) < 4.78 is 5.65. The van der Waals surface area contributed by atoms with Crippen LogP contribution in [0.3, 0.4) is 0 Å². The summed E-state index contributed by atoms with van der Waals surface area (Å²) in [6.45, 7) is 1.99. The standard InChI is InChI=1S/C25H31N5O2/c1-30-9-8-16-11-24(32-2)23(10-18(16)15-30)29-25-26-14-17-6-7-20(13-22(17)28-25)27-19-4-3-5-21(31)12-19/h6-7,10-11,13-14,19,21,27,31H,3-5,8-9,12,15H2,1-2H3,(H,26,28,29). The molecule has 0 amide bonds. The van der Waals surface area contributed by atoms with Crippen LogP contribution in [0, 0.1) is 0 Å². The lowest BCUT2D eigenvalue weighted by Crippen LogP contribution is -2.29. The molecule has 168 valence electrons. The second-order valence-electron chi connectivity index (χ2n) is 9.06. The summed E-state index contributed by atoms with van der Waals surface area (Å²) in [6, 6.07) is 10.7. The average molecular weight is 434 g/mol. The molecule has 0 bridgehead atoms. The van der Waals surface area contributed by atoms with Gasteiger partial charge in [-0.3, -0.25) is 0 Å². The number of anilines is 3. The van der Waals surface area contributed by atoms with Gasteiger partial charge in [0, 0.05) is 36.4 Å². The second kappa shape index (κ2) is 8.92. The van der Waals surface area contributed by atoms with Crippen molar-refractivity contribution in [2.75, 3.05) is 31.3 Å². The van der Waals surface area contributed by atoms with E-state index in [4.69, 9.17) is 9.72 Å². The van der Waals surface area contributed by atoms with E-state index in [-0.39, 0.29) is 6.10 Å². The van der Waals surface area contributed by atoms with Crippen LogP contribution in [0.1, 0.15) is 36.8 Å². The molecule has 0 saturated heterocycles. The molecule has 7 heteroatoms. The Balaban J connectivity index is 1.39. The number of aliphatic hydroxyl groups is 1. The molecular weight excluding hydrogens is 402 g/mol. The van der Waals surface area contributed by atoms with Crippen LogP contribution in [0.15, 0.2) is 36.5 Å². The Morgan fingerprint density at radius 1 is 1.16 bits per heavy atom. The highest BCUT2D eigenvalue weighted by Crippen LogP contribution is 2.33. The number of hydrogen-bond acceptors (Lipinski definition) is 7. The Hall–Kier alpha value is -2.90. The summed E-state index contributed by atoms with van der Waals surface area (Å²) in [5.41, 5.74) is 5.43. The maximum atomic E-state index is 9.96. The third-order valence-electron chi connectivity index (χ3n) is 6.57. The van der Waals surface area contributed by atoms with Gasteiger partial charge in [-0.2, -0.15) is 0 Å². The first kappa shape index (κ1) is 21.0.